The van der Waals surface area contributed by atoms with Crippen molar-refractivity contribution in [3.05, 3.63) is 68.1 Å². The van der Waals surface area contributed by atoms with Crippen LogP contribution in [0.15, 0.2) is 41.1 Å². The summed E-state index contributed by atoms with van der Waals surface area (Å²) in [5, 5.41) is 25.0. The van der Waals surface area contributed by atoms with Gasteiger partial charge in [0.1, 0.15) is 17.1 Å². The minimum absolute atomic E-state index is 0.109. The van der Waals surface area contributed by atoms with Crippen LogP contribution in [0, 0.1) is 10.8 Å². The Labute approximate surface area is 344 Å². The molecule has 1 aliphatic rings. The molecular weight excluding hydrogens is 769 g/mol. The third-order valence-corrected chi connectivity index (χ3v) is 11.6. The summed E-state index contributed by atoms with van der Waals surface area (Å²) in [4.78, 5) is 67.2. The molecule has 1 aromatic carbocycles. The van der Waals surface area contributed by atoms with Gasteiger partial charge >= 0.3 is 12.1 Å². The number of methoxy groups -OCH3 is 2. The number of alkyl carbamates (subject to hydrolysis) is 1. The quantitative estimate of drug-likeness (QED) is 0.129. The van der Waals surface area contributed by atoms with Crippen LogP contribution in [0.2, 0.25) is 0 Å². The van der Waals surface area contributed by atoms with Crippen molar-refractivity contribution in [2.75, 3.05) is 33.9 Å². The number of nitrogens with one attached hydrogen (secondary N) is 3. The molecule has 1 aliphatic heterocycles. The van der Waals surface area contributed by atoms with E-state index in [1.807, 2.05) is 96.5 Å². The molecule has 0 spiro atoms. The Hall–Kier alpha value is -4.16. The summed E-state index contributed by atoms with van der Waals surface area (Å²) < 4.78 is 10.0. The summed E-state index contributed by atoms with van der Waals surface area (Å²) in [5.41, 5.74) is 3.87. The number of rotatable bonds is 18. The van der Waals surface area contributed by atoms with Crippen LogP contribution in [0.3, 0.4) is 0 Å². The molecule has 0 radical (unpaired) electrons. The average Bonchev–Trinajstić information content (AvgIpc) is 3.87. The molecule has 0 aliphatic carbocycles. The van der Waals surface area contributed by atoms with E-state index < -0.39 is 53.0 Å². The summed E-state index contributed by atoms with van der Waals surface area (Å²) in [6.45, 7) is 16.8. The summed E-state index contributed by atoms with van der Waals surface area (Å²) in [6, 6.07) is 6.55. The molecule has 2 aromatic heterocycles. The number of ether oxygens (including phenoxy) is 2. The van der Waals surface area contributed by atoms with E-state index in [1.54, 1.807) is 21.9 Å². The number of nitrogens with zero attached hydrogens (tertiary/aromatic N) is 5. The Bertz CT molecular complexity index is 1790. The van der Waals surface area contributed by atoms with Gasteiger partial charge in [-0.1, -0.05) is 85.7 Å². The van der Waals surface area contributed by atoms with Gasteiger partial charge in [0, 0.05) is 43.4 Å². The van der Waals surface area contributed by atoms with Gasteiger partial charge in [-0.2, -0.15) is 0 Å². The summed E-state index contributed by atoms with van der Waals surface area (Å²) >= 11 is 2.98. The van der Waals surface area contributed by atoms with Crippen molar-refractivity contribution >= 4 is 46.6 Å². The van der Waals surface area contributed by atoms with Crippen LogP contribution >= 0.6 is 22.7 Å². The van der Waals surface area contributed by atoms with Crippen LogP contribution in [0.25, 0.3) is 0 Å². The zero-order chi connectivity index (χ0) is 42.1. The first kappa shape index (κ1) is 45.5. The standard InChI is InChI=1S/C40H60N8O7S2/c1-25(2)36-42-28(24-57-36)20-47(45-34(50)32(39(3,4)5)44-37(52)55-10)21-30(49)29(18-26-14-12-11-13-15-26)43-35(51)33(40(6,7)8)48-17-16-46(38(48)53)19-27-23-56-31(41-27)22-54-9/h11-15,23-25,29-30,32-33,49H,16-22H2,1-10H3,(H,43,51)(H,44,52)(H,45,50)/t29-,30-,32+,33+/m0/s1. The number of aliphatic hydroxyl groups is 1. The topological polar surface area (TPSA) is 179 Å². The lowest BCUT2D eigenvalue weighted by Crippen LogP contribution is -2.61. The van der Waals surface area contributed by atoms with Crippen LogP contribution in [-0.2, 0) is 45.2 Å². The SMILES string of the molecule is COCc1nc(CN2CCN([C@H](C(=O)N[C@@H](Cc3ccccc3)[C@@H](O)CN(Cc3csc(C(C)C)n3)NC(=O)[C@@H](NC(=O)OC)C(C)(C)C)C(C)(C)C)C2=O)cs1. The van der Waals surface area contributed by atoms with E-state index in [0.717, 1.165) is 21.3 Å². The molecule has 5 amide bonds. The van der Waals surface area contributed by atoms with E-state index in [9.17, 15) is 24.3 Å². The molecule has 3 heterocycles. The Morgan fingerprint density at radius 3 is 2.21 bits per heavy atom. The van der Waals surface area contributed by atoms with E-state index in [4.69, 9.17) is 14.5 Å². The Morgan fingerprint density at radius 1 is 0.930 bits per heavy atom. The van der Waals surface area contributed by atoms with Crippen molar-refractivity contribution in [1.82, 2.24) is 40.8 Å². The van der Waals surface area contributed by atoms with Gasteiger partial charge < -0.3 is 35.0 Å². The fraction of sp³-hybridized carbons (Fsp3) is 0.600. The zero-order valence-electron chi connectivity index (χ0n) is 34.8. The number of carbonyl (C=O) groups is 4. The number of amides is 5. The van der Waals surface area contributed by atoms with Gasteiger partial charge in [0.25, 0.3) is 5.91 Å². The number of urea groups is 1. The number of hydrogen-bond donors (Lipinski definition) is 4. The monoisotopic (exact) mass is 828 g/mol. The molecule has 0 bridgehead atoms. The van der Waals surface area contributed by atoms with Crippen LogP contribution in [0.4, 0.5) is 9.59 Å². The fourth-order valence-corrected chi connectivity index (χ4v) is 8.22. The Balaban J connectivity index is 1.60. The molecule has 3 aromatic rings. The van der Waals surface area contributed by atoms with Gasteiger partial charge in [-0.15, -0.1) is 22.7 Å². The molecule has 4 rings (SSSR count). The maximum Gasteiger partial charge on any atom is 0.407 e. The van der Waals surface area contributed by atoms with Crippen LogP contribution in [0.1, 0.15) is 88.3 Å². The maximum atomic E-state index is 14.5. The molecular formula is C40H60N8O7S2. The second-order valence-corrected chi connectivity index (χ2v) is 18.7. The highest BCUT2D eigenvalue weighted by Gasteiger charge is 2.44. The van der Waals surface area contributed by atoms with E-state index >= 15 is 0 Å². The second-order valence-electron chi connectivity index (χ2n) is 16.8. The largest absolute Gasteiger partial charge is 0.453 e. The number of carbonyl (C=O) groups excluding carboxylic acids is 4. The first-order valence-electron chi connectivity index (χ1n) is 19.1. The zero-order valence-corrected chi connectivity index (χ0v) is 36.5. The molecule has 17 heteroatoms. The van der Waals surface area contributed by atoms with Crippen molar-refractivity contribution in [3.8, 4) is 0 Å². The molecule has 314 valence electrons. The molecule has 1 saturated heterocycles. The summed E-state index contributed by atoms with van der Waals surface area (Å²) in [6.07, 6.45) is -1.70. The lowest BCUT2D eigenvalue weighted by atomic mass is 9.84. The van der Waals surface area contributed by atoms with Gasteiger partial charge in [-0.05, 0) is 22.8 Å². The van der Waals surface area contributed by atoms with Gasteiger partial charge in [-0.25, -0.2) is 24.6 Å². The predicted molar refractivity (Wildman–Crippen MR) is 220 cm³/mol. The number of benzene rings is 1. The van der Waals surface area contributed by atoms with Crippen molar-refractivity contribution in [2.45, 2.75) is 112 Å². The lowest BCUT2D eigenvalue weighted by molar-refractivity contribution is -0.133. The van der Waals surface area contributed by atoms with Gasteiger partial charge in [0.15, 0.2) is 0 Å². The normalized spacial score (nSPS) is 15.8. The van der Waals surface area contributed by atoms with E-state index in [0.29, 0.717) is 31.9 Å². The fourth-order valence-electron chi connectivity index (χ4n) is 6.64. The third-order valence-electron chi connectivity index (χ3n) is 9.49. The van der Waals surface area contributed by atoms with Gasteiger partial charge in [-0.3, -0.25) is 15.0 Å². The van der Waals surface area contributed by atoms with Crippen molar-refractivity contribution in [3.63, 3.8) is 0 Å². The maximum absolute atomic E-state index is 14.5. The van der Waals surface area contributed by atoms with Crippen LogP contribution in [-0.4, -0.2) is 112 Å². The molecule has 0 unspecified atom stereocenters. The first-order valence-corrected chi connectivity index (χ1v) is 20.9. The Kier molecular flexibility index (Phi) is 16.0. The average molecular weight is 829 g/mol. The number of hydrogen-bond acceptors (Lipinski definition) is 12. The smallest absolute Gasteiger partial charge is 0.407 e. The van der Waals surface area contributed by atoms with Crippen molar-refractivity contribution in [1.29, 1.82) is 0 Å². The molecule has 15 nitrogen and oxygen atoms in total. The molecule has 57 heavy (non-hydrogen) atoms. The highest BCUT2D eigenvalue weighted by Crippen LogP contribution is 2.29. The lowest BCUT2D eigenvalue weighted by Gasteiger charge is -2.38. The third kappa shape index (κ3) is 12.9. The minimum atomic E-state index is -1.21. The highest BCUT2D eigenvalue weighted by atomic mass is 32.1. The Morgan fingerprint density at radius 2 is 1.61 bits per heavy atom. The van der Waals surface area contributed by atoms with Crippen molar-refractivity contribution < 1.29 is 33.8 Å². The predicted octanol–water partition coefficient (Wildman–Crippen LogP) is 4.91. The van der Waals surface area contributed by atoms with E-state index in [2.05, 4.69) is 21.0 Å². The van der Waals surface area contributed by atoms with Crippen LogP contribution < -0.4 is 16.1 Å². The molecule has 4 N–H and O–H groups in total. The summed E-state index contributed by atoms with van der Waals surface area (Å²) in [7, 11) is 2.84. The highest BCUT2D eigenvalue weighted by molar-refractivity contribution is 7.10. The number of thiazole rings is 2. The number of aromatic nitrogens is 2. The second kappa shape index (κ2) is 20.0. The molecule has 1 fully saturated rings. The number of hydrazine groups is 1. The van der Waals surface area contributed by atoms with Gasteiger partial charge in [0.2, 0.25) is 5.91 Å². The van der Waals surface area contributed by atoms with Gasteiger partial charge in [0.05, 0.1) is 55.3 Å². The van der Waals surface area contributed by atoms with E-state index in [-0.39, 0.29) is 31.5 Å². The first-order chi connectivity index (χ1) is 26.8. The molecule has 4 atom stereocenters. The minimum Gasteiger partial charge on any atom is -0.453 e. The van der Waals surface area contributed by atoms with Crippen molar-refractivity contribution in [2.24, 2.45) is 10.8 Å². The summed E-state index contributed by atoms with van der Waals surface area (Å²) in [5.74, 6) is -0.718. The molecule has 0 saturated carbocycles. The van der Waals surface area contributed by atoms with E-state index in [1.165, 1.54) is 29.8 Å². The number of aliphatic hydroxyl groups excluding tert-OH is 1. The van der Waals surface area contributed by atoms with Crippen LogP contribution in [0.5, 0.6) is 0 Å².